The molecule has 15 nitrogen and oxygen atoms in total. The second-order valence-electron chi connectivity index (χ2n) is 11.8. The van der Waals surface area contributed by atoms with Gasteiger partial charge in [-0.3, -0.25) is 24.2 Å². The predicted molar refractivity (Wildman–Crippen MR) is 188 cm³/mol. The van der Waals surface area contributed by atoms with Crippen LogP contribution in [-0.4, -0.2) is 64.3 Å². The third kappa shape index (κ3) is 10.2. The Hall–Kier alpha value is -6.09. The maximum Gasteiger partial charge on any atom is 0.246 e. The molecule has 2 aromatic carbocycles. The summed E-state index contributed by atoms with van der Waals surface area (Å²) in [4.78, 5) is 60.5. The molecule has 4 amide bonds. The first kappa shape index (κ1) is 36.7. The number of H-pyrrole nitrogens is 1. The van der Waals surface area contributed by atoms with Gasteiger partial charge in [0, 0.05) is 35.6 Å². The quantitative estimate of drug-likeness (QED) is 0.0311. The van der Waals surface area contributed by atoms with Crippen LogP contribution in [0.25, 0.3) is 10.9 Å². The first-order valence-corrected chi connectivity index (χ1v) is 16.0. The molecule has 0 bridgehead atoms. The number of fused-ring (bicyclic) bond motifs is 1. The fourth-order valence-electron chi connectivity index (χ4n) is 5.37. The first-order chi connectivity index (χ1) is 23.9. The third-order valence-electron chi connectivity index (χ3n) is 8.07. The van der Waals surface area contributed by atoms with Gasteiger partial charge in [0.25, 0.3) is 0 Å². The molecule has 13 N–H and O–H groups in total. The normalized spacial score (nSPS) is 13.4. The number of unbranched alkanes of at least 4 members (excludes halogenated alkanes) is 1. The highest BCUT2D eigenvalue weighted by Gasteiger charge is 2.32. The SMILES string of the molecule is C=C(C(N)=O)[C@@H](NC(=O)[C@H](Cc1c[nH]c2ccccc12)NC(=O)[C@@H](CCCCN=C(N)N)NC(=O)[C@@H](N)Cc1ccc(O)cc1)c1ccco1. The number of para-hydroxylation sites is 1. The van der Waals surface area contributed by atoms with E-state index in [2.05, 4.69) is 32.5 Å². The number of hydrogen-bond donors (Lipinski definition) is 9. The van der Waals surface area contributed by atoms with Crippen LogP contribution in [0.4, 0.5) is 0 Å². The molecule has 50 heavy (non-hydrogen) atoms. The van der Waals surface area contributed by atoms with Crippen LogP contribution in [0.5, 0.6) is 5.75 Å². The molecule has 0 aliphatic heterocycles. The molecule has 4 atom stereocenters. The molecule has 0 saturated carbocycles. The number of aliphatic imine (C=N–C) groups is 1. The Morgan fingerprint density at radius 2 is 1.56 bits per heavy atom. The summed E-state index contributed by atoms with van der Waals surface area (Å²) < 4.78 is 5.45. The minimum atomic E-state index is -1.19. The van der Waals surface area contributed by atoms with E-state index in [0.717, 1.165) is 16.5 Å². The van der Waals surface area contributed by atoms with E-state index < -0.39 is 47.8 Å². The van der Waals surface area contributed by atoms with E-state index in [9.17, 15) is 24.3 Å². The summed E-state index contributed by atoms with van der Waals surface area (Å²) >= 11 is 0. The third-order valence-corrected chi connectivity index (χ3v) is 8.07. The van der Waals surface area contributed by atoms with Crippen LogP contribution in [-0.2, 0) is 32.0 Å². The number of hydrogen-bond acceptors (Lipinski definition) is 8. The second kappa shape index (κ2) is 17.3. The molecular formula is C35H43N9O6. The lowest BCUT2D eigenvalue weighted by Crippen LogP contribution is -2.56. The summed E-state index contributed by atoms with van der Waals surface area (Å²) in [6, 6.07) is 12.5. The summed E-state index contributed by atoms with van der Waals surface area (Å²) in [6.45, 7) is 4.05. The minimum absolute atomic E-state index is 0.0427. The predicted octanol–water partition coefficient (Wildman–Crippen LogP) is 0.891. The Morgan fingerprint density at radius 3 is 2.24 bits per heavy atom. The molecule has 0 radical (unpaired) electrons. The molecule has 15 heteroatoms. The molecular weight excluding hydrogens is 642 g/mol. The topological polar surface area (TPSA) is 270 Å². The lowest BCUT2D eigenvalue weighted by Gasteiger charge is -2.26. The van der Waals surface area contributed by atoms with Crippen molar-refractivity contribution >= 4 is 40.5 Å². The maximum atomic E-state index is 14.0. The number of guanidine groups is 1. The van der Waals surface area contributed by atoms with Crippen molar-refractivity contribution in [3.05, 3.63) is 102 Å². The molecule has 0 unspecified atom stereocenters. The summed E-state index contributed by atoms with van der Waals surface area (Å²) in [5.74, 6) is -2.51. The Bertz CT molecular complexity index is 1810. The van der Waals surface area contributed by atoms with Gasteiger partial charge in [-0.25, -0.2) is 0 Å². The van der Waals surface area contributed by atoms with Crippen molar-refractivity contribution in [1.29, 1.82) is 0 Å². The van der Waals surface area contributed by atoms with Crippen LogP contribution < -0.4 is 38.9 Å². The number of carbonyl (C=O) groups excluding carboxylic acids is 4. The van der Waals surface area contributed by atoms with Crippen LogP contribution in [0.3, 0.4) is 0 Å². The summed E-state index contributed by atoms with van der Waals surface area (Å²) in [5.41, 5.74) is 24.7. The molecule has 2 aromatic heterocycles. The molecule has 0 fully saturated rings. The summed E-state index contributed by atoms with van der Waals surface area (Å²) in [5, 5.41) is 18.7. The van der Waals surface area contributed by atoms with Gasteiger partial charge >= 0.3 is 0 Å². The number of primary amides is 1. The highest BCUT2D eigenvalue weighted by molar-refractivity contribution is 5.96. The van der Waals surface area contributed by atoms with Gasteiger partial charge in [0.1, 0.15) is 29.6 Å². The van der Waals surface area contributed by atoms with Gasteiger partial charge in [-0.15, -0.1) is 0 Å². The Balaban J connectivity index is 1.58. The van der Waals surface area contributed by atoms with E-state index in [1.165, 1.54) is 18.4 Å². The summed E-state index contributed by atoms with van der Waals surface area (Å²) in [6.07, 6.45) is 4.44. The van der Waals surface area contributed by atoms with Crippen molar-refractivity contribution in [2.24, 2.45) is 27.9 Å². The minimum Gasteiger partial charge on any atom is -0.508 e. The molecule has 264 valence electrons. The molecule has 0 saturated heterocycles. The van der Waals surface area contributed by atoms with Crippen LogP contribution in [0.15, 0.2) is 94.7 Å². The van der Waals surface area contributed by atoms with Crippen molar-refractivity contribution in [2.45, 2.75) is 56.3 Å². The van der Waals surface area contributed by atoms with E-state index in [-0.39, 0.29) is 42.3 Å². The number of nitrogens with zero attached hydrogens (tertiary/aromatic N) is 1. The largest absolute Gasteiger partial charge is 0.508 e. The second-order valence-corrected chi connectivity index (χ2v) is 11.8. The number of rotatable bonds is 18. The van der Waals surface area contributed by atoms with E-state index >= 15 is 0 Å². The van der Waals surface area contributed by atoms with Gasteiger partial charge in [0.15, 0.2) is 5.96 Å². The number of phenols is 1. The number of carbonyl (C=O) groups is 4. The smallest absolute Gasteiger partial charge is 0.246 e. The standard InChI is InChI=1S/C35H43N9O6/c1-20(31(37)46)30(29-10-6-16-50-29)44-34(49)28(18-22-19-41-26-8-3-2-7-24(22)26)43-33(48)27(9-4-5-15-40-35(38)39)42-32(47)25(36)17-21-11-13-23(45)14-12-21/h2-3,6-8,10-14,16,19,25,27-28,30,41,45H,1,4-5,9,15,17-18,36H2,(H2,37,46)(H,42,47)(H,43,48)(H,44,49)(H4,38,39,40)/t25-,27+,28-,30+/m0/s1. The molecule has 4 aromatic rings. The first-order valence-electron chi connectivity index (χ1n) is 16.0. The molecule has 2 heterocycles. The monoisotopic (exact) mass is 685 g/mol. The van der Waals surface area contributed by atoms with Crippen molar-refractivity contribution in [3.8, 4) is 5.75 Å². The van der Waals surface area contributed by atoms with Crippen molar-refractivity contribution < 1.29 is 28.7 Å². The average Bonchev–Trinajstić information content (AvgIpc) is 3.77. The number of furan rings is 1. The fourth-order valence-corrected chi connectivity index (χ4v) is 5.37. The lowest BCUT2D eigenvalue weighted by molar-refractivity contribution is -0.132. The van der Waals surface area contributed by atoms with Crippen molar-refractivity contribution in [1.82, 2.24) is 20.9 Å². The number of nitrogens with two attached hydrogens (primary N) is 4. The Labute approximate surface area is 288 Å². The highest BCUT2D eigenvalue weighted by atomic mass is 16.3. The fraction of sp³-hybridized carbons (Fsp3) is 0.286. The van der Waals surface area contributed by atoms with Crippen LogP contribution in [0, 0.1) is 0 Å². The van der Waals surface area contributed by atoms with E-state index in [1.54, 1.807) is 30.5 Å². The Kier molecular flexibility index (Phi) is 12.7. The van der Waals surface area contributed by atoms with Crippen molar-refractivity contribution in [3.63, 3.8) is 0 Å². The van der Waals surface area contributed by atoms with Gasteiger partial charge in [-0.1, -0.05) is 36.9 Å². The number of phenolic OH excluding ortho intramolecular Hbond substituents is 1. The molecule has 0 aliphatic rings. The Morgan fingerprint density at radius 1 is 0.860 bits per heavy atom. The number of nitrogens with one attached hydrogen (secondary N) is 4. The number of amides is 4. The van der Waals surface area contributed by atoms with Gasteiger partial charge in [-0.2, -0.15) is 0 Å². The van der Waals surface area contributed by atoms with Crippen LogP contribution >= 0.6 is 0 Å². The number of aromatic nitrogens is 1. The van der Waals surface area contributed by atoms with E-state index in [0.29, 0.717) is 24.9 Å². The van der Waals surface area contributed by atoms with Crippen LogP contribution in [0.1, 0.15) is 42.2 Å². The van der Waals surface area contributed by atoms with Gasteiger partial charge in [0.05, 0.1) is 12.3 Å². The van der Waals surface area contributed by atoms with Gasteiger partial charge < -0.3 is 53.4 Å². The number of aromatic hydroxyl groups is 1. The van der Waals surface area contributed by atoms with E-state index in [4.69, 9.17) is 27.4 Å². The zero-order valence-electron chi connectivity index (χ0n) is 27.4. The lowest BCUT2D eigenvalue weighted by atomic mass is 10.0. The highest BCUT2D eigenvalue weighted by Crippen LogP contribution is 2.23. The number of benzene rings is 2. The van der Waals surface area contributed by atoms with Crippen LogP contribution in [0.2, 0.25) is 0 Å². The van der Waals surface area contributed by atoms with E-state index in [1.807, 2.05) is 24.3 Å². The zero-order valence-corrected chi connectivity index (χ0v) is 27.4. The molecule has 0 aliphatic carbocycles. The van der Waals surface area contributed by atoms with Gasteiger partial charge in [0.2, 0.25) is 23.6 Å². The molecule has 4 rings (SSSR count). The molecule has 0 spiro atoms. The summed E-state index contributed by atoms with van der Waals surface area (Å²) in [7, 11) is 0. The van der Waals surface area contributed by atoms with Gasteiger partial charge in [-0.05, 0) is 67.1 Å². The van der Waals surface area contributed by atoms with Crippen molar-refractivity contribution in [2.75, 3.05) is 6.54 Å². The zero-order chi connectivity index (χ0) is 36.2. The number of aromatic amines is 1. The average molecular weight is 686 g/mol. The maximum absolute atomic E-state index is 14.0.